The third-order valence-electron chi connectivity index (χ3n) is 2.54. The predicted octanol–water partition coefficient (Wildman–Crippen LogP) is 4.15. The normalized spacial score (nSPS) is 10.8. The monoisotopic (exact) mass is 310 g/mol. The van der Waals surface area contributed by atoms with E-state index in [9.17, 15) is 5.11 Å². The third kappa shape index (κ3) is 3.56. The van der Waals surface area contributed by atoms with Crippen LogP contribution in [0.2, 0.25) is 10.0 Å². The molecule has 2 aromatic carbocycles. The summed E-state index contributed by atoms with van der Waals surface area (Å²) in [7, 11) is 1.60. The first-order chi connectivity index (χ1) is 9.60. The van der Waals surface area contributed by atoms with Gasteiger partial charge in [0.05, 0.1) is 24.0 Å². The summed E-state index contributed by atoms with van der Waals surface area (Å²) in [5.41, 5.74) is 4.05. The first-order valence-electron chi connectivity index (χ1n) is 5.71. The van der Waals surface area contributed by atoms with Gasteiger partial charge in [-0.15, -0.1) is 0 Å². The van der Waals surface area contributed by atoms with Crippen LogP contribution in [0.1, 0.15) is 5.56 Å². The van der Waals surface area contributed by atoms with Crippen molar-refractivity contribution in [3.8, 4) is 11.5 Å². The van der Waals surface area contributed by atoms with Gasteiger partial charge in [0.25, 0.3) is 0 Å². The van der Waals surface area contributed by atoms with Crippen LogP contribution in [0, 0.1) is 0 Å². The maximum Gasteiger partial charge on any atom is 0.143 e. The molecule has 104 valence electrons. The van der Waals surface area contributed by atoms with E-state index in [2.05, 4.69) is 10.5 Å². The van der Waals surface area contributed by atoms with Gasteiger partial charge in [0.15, 0.2) is 0 Å². The van der Waals surface area contributed by atoms with E-state index in [4.69, 9.17) is 27.9 Å². The number of phenolic OH excluding ortho intramolecular Hbond substituents is 1. The van der Waals surface area contributed by atoms with Gasteiger partial charge in [0.1, 0.15) is 11.5 Å². The Morgan fingerprint density at radius 2 is 1.90 bits per heavy atom. The highest BCUT2D eigenvalue weighted by Crippen LogP contribution is 2.30. The highest BCUT2D eigenvalue weighted by molar-refractivity contribution is 6.36. The Balaban J connectivity index is 2.09. The van der Waals surface area contributed by atoms with Crippen LogP contribution in [0.5, 0.6) is 11.5 Å². The quantitative estimate of drug-likeness (QED) is 0.658. The van der Waals surface area contributed by atoms with Crippen LogP contribution in [0.15, 0.2) is 41.5 Å². The molecular weight excluding hydrogens is 299 g/mol. The molecule has 2 rings (SSSR count). The van der Waals surface area contributed by atoms with Gasteiger partial charge in [-0.2, -0.15) is 5.10 Å². The lowest BCUT2D eigenvalue weighted by atomic mass is 10.2. The van der Waals surface area contributed by atoms with Crippen molar-refractivity contribution < 1.29 is 9.84 Å². The van der Waals surface area contributed by atoms with Crippen molar-refractivity contribution in [2.75, 3.05) is 12.5 Å². The van der Waals surface area contributed by atoms with Gasteiger partial charge >= 0.3 is 0 Å². The lowest BCUT2D eigenvalue weighted by Gasteiger charge is -2.04. The minimum absolute atomic E-state index is 0.0589. The molecule has 0 bridgehead atoms. The number of methoxy groups -OCH3 is 1. The Morgan fingerprint density at radius 3 is 2.55 bits per heavy atom. The summed E-state index contributed by atoms with van der Waals surface area (Å²) in [5.74, 6) is 0.704. The Labute approximate surface area is 126 Å². The highest BCUT2D eigenvalue weighted by atomic mass is 35.5. The predicted molar refractivity (Wildman–Crippen MR) is 82.3 cm³/mol. The Morgan fingerprint density at radius 1 is 1.20 bits per heavy atom. The number of benzene rings is 2. The minimum atomic E-state index is -0.0589. The summed E-state index contributed by atoms with van der Waals surface area (Å²) in [5, 5.41) is 14.4. The molecule has 0 aliphatic rings. The van der Waals surface area contributed by atoms with E-state index >= 15 is 0 Å². The number of anilines is 1. The molecule has 4 nitrogen and oxygen atoms in total. The minimum Gasteiger partial charge on any atom is -0.506 e. The van der Waals surface area contributed by atoms with Gasteiger partial charge in [-0.25, -0.2) is 0 Å². The molecule has 6 heteroatoms. The molecule has 0 heterocycles. The fraction of sp³-hybridized carbons (Fsp3) is 0.0714. The fourth-order valence-electron chi connectivity index (χ4n) is 1.53. The lowest BCUT2D eigenvalue weighted by Crippen LogP contribution is -1.92. The second kappa shape index (κ2) is 6.50. The molecule has 2 N–H and O–H groups in total. The molecule has 0 aromatic heterocycles. The summed E-state index contributed by atoms with van der Waals surface area (Å²) in [6, 6.07) is 10.3. The lowest BCUT2D eigenvalue weighted by molar-refractivity contribution is 0.415. The maximum atomic E-state index is 9.76. The number of ether oxygens (including phenoxy) is 1. The molecule has 0 aliphatic heterocycles. The van der Waals surface area contributed by atoms with Crippen molar-refractivity contribution in [1.82, 2.24) is 0 Å². The van der Waals surface area contributed by atoms with Crippen LogP contribution >= 0.6 is 23.2 Å². The van der Waals surface area contributed by atoms with Gasteiger partial charge in [-0.05, 0) is 36.4 Å². The van der Waals surface area contributed by atoms with Crippen molar-refractivity contribution in [2.45, 2.75) is 0 Å². The van der Waals surface area contributed by atoms with Crippen LogP contribution < -0.4 is 10.2 Å². The fourth-order valence-corrected chi connectivity index (χ4v) is 2.04. The van der Waals surface area contributed by atoms with E-state index in [-0.39, 0.29) is 10.8 Å². The van der Waals surface area contributed by atoms with E-state index in [1.807, 2.05) is 24.3 Å². The van der Waals surface area contributed by atoms with Gasteiger partial charge in [0, 0.05) is 10.6 Å². The van der Waals surface area contributed by atoms with E-state index in [1.54, 1.807) is 13.2 Å². The molecule has 0 atom stereocenters. The van der Waals surface area contributed by atoms with Gasteiger partial charge in [-0.1, -0.05) is 23.2 Å². The van der Waals surface area contributed by atoms with Gasteiger partial charge in [-0.3, -0.25) is 5.43 Å². The molecule has 0 amide bonds. The number of hydrogen-bond donors (Lipinski definition) is 2. The van der Waals surface area contributed by atoms with Crippen LogP contribution in [0.25, 0.3) is 0 Å². The summed E-state index contributed by atoms with van der Waals surface area (Å²) >= 11 is 11.7. The van der Waals surface area contributed by atoms with Gasteiger partial charge < -0.3 is 9.84 Å². The van der Waals surface area contributed by atoms with E-state index in [1.165, 1.54) is 12.3 Å². The topological polar surface area (TPSA) is 53.8 Å². The molecule has 2 aromatic rings. The number of halogens is 2. The Bertz CT molecular complexity index is 628. The van der Waals surface area contributed by atoms with Crippen LogP contribution in [0.3, 0.4) is 0 Å². The van der Waals surface area contributed by atoms with Crippen molar-refractivity contribution in [2.24, 2.45) is 5.10 Å². The second-order valence-electron chi connectivity index (χ2n) is 3.92. The van der Waals surface area contributed by atoms with Crippen molar-refractivity contribution in [1.29, 1.82) is 0 Å². The molecule has 20 heavy (non-hydrogen) atoms. The molecule has 0 aliphatic carbocycles. The average molecular weight is 311 g/mol. The van der Waals surface area contributed by atoms with Crippen molar-refractivity contribution in [3.05, 3.63) is 52.0 Å². The Kier molecular flexibility index (Phi) is 4.71. The number of hydrogen-bond acceptors (Lipinski definition) is 4. The standard InChI is InChI=1S/C14H12Cl2N2O2/c1-20-12-4-2-11(3-5-12)18-17-8-9-6-10(15)7-13(16)14(9)19/h2-8,18-19H,1H3/b17-8+. The SMILES string of the molecule is COc1ccc(N/N=C/c2cc(Cl)cc(Cl)c2O)cc1. The summed E-state index contributed by atoms with van der Waals surface area (Å²) in [4.78, 5) is 0. The Hall–Kier alpha value is -1.91. The number of hydrazone groups is 1. The number of nitrogens with zero attached hydrogens (tertiary/aromatic N) is 1. The zero-order valence-corrected chi connectivity index (χ0v) is 12.1. The first kappa shape index (κ1) is 14.5. The second-order valence-corrected chi connectivity index (χ2v) is 4.77. The van der Waals surface area contributed by atoms with Crippen LogP contribution in [-0.2, 0) is 0 Å². The zero-order chi connectivity index (χ0) is 14.5. The van der Waals surface area contributed by atoms with Gasteiger partial charge in [0.2, 0.25) is 0 Å². The number of phenols is 1. The molecular formula is C14H12Cl2N2O2. The van der Waals surface area contributed by atoms with Crippen molar-refractivity contribution in [3.63, 3.8) is 0 Å². The van der Waals surface area contributed by atoms with E-state index in [0.717, 1.165) is 11.4 Å². The van der Waals surface area contributed by atoms with Crippen LogP contribution in [0.4, 0.5) is 5.69 Å². The molecule has 0 unspecified atom stereocenters. The highest BCUT2D eigenvalue weighted by Gasteiger charge is 2.05. The first-order valence-corrected chi connectivity index (χ1v) is 6.47. The third-order valence-corrected chi connectivity index (χ3v) is 3.05. The number of rotatable bonds is 4. The average Bonchev–Trinajstić information content (AvgIpc) is 2.44. The van der Waals surface area contributed by atoms with Crippen molar-refractivity contribution >= 4 is 35.1 Å². The summed E-state index contributed by atoms with van der Waals surface area (Å²) < 4.78 is 5.06. The summed E-state index contributed by atoms with van der Waals surface area (Å²) in [6.07, 6.45) is 1.44. The molecule has 0 radical (unpaired) electrons. The molecule has 0 saturated carbocycles. The smallest absolute Gasteiger partial charge is 0.143 e. The molecule has 0 saturated heterocycles. The molecule has 0 fully saturated rings. The van der Waals surface area contributed by atoms with E-state index in [0.29, 0.717) is 10.6 Å². The maximum absolute atomic E-state index is 9.76. The zero-order valence-electron chi connectivity index (χ0n) is 10.6. The van der Waals surface area contributed by atoms with E-state index < -0.39 is 0 Å². The number of aromatic hydroxyl groups is 1. The summed E-state index contributed by atoms with van der Waals surface area (Å²) in [6.45, 7) is 0. The molecule has 0 spiro atoms. The van der Waals surface area contributed by atoms with Crippen LogP contribution in [-0.4, -0.2) is 18.4 Å². The largest absolute Gasteiger partial charge is 0.506 e. The number of nitrogens with one attached hydrogen (secondary N) is 1.